The van der Waals surface area contributed by atoms with Crippen molar-refractivity contribution in [3.8, 4) is 0 Å². The van der Waals surface area contributed by atoms with Gasteiger partial charge < -0.3 is 20.3 Å². The normalized spacial score (nSPS) is 24.3. The summed E-state index contributed by atoms with van der Waals surface area (Å²) in [7, 11) is 0. The third kappa shape index (κ3) is 4.32. The summed E-state index contributed by atoms with van der Waals surface area (Å²) in [4.78, 5) is 22.8. The number of aliphatic hydroxyl groups is 1. The van der Waals surface area contributed by atoms with E-state index in [9.17, 15) is 14.7 Å². The fourth-order valence-corrected chi connectivity index (χ4v) is 2.17. The highest BCUT2D eigenvalue weighted by Gasteiger charge is 2.32. The molecule has 112 valence electrons. The molecule has 0 saturated heterocycles. The van der Waals surface area contributed by atoms with Crippen LogP contribution in [0.25, 0.3) is 0 Å². The van der Waals surface area contributed by atoms with Crippen LogP contribution in [0.1, 0.15) is 12.0 Å². The van der Waals surface area contributed by atoms with Crippen LogP contribution in [0.15, 0.2) is 42.5 Å². The Kier molecular flexibility index (Phi) is 4.94. The second-order valence-electron chi connectivity index (χ2n) is 4.86. The summed E-state index contributed by atoms with van der Waals surface area (Å²) in [6, 6.07) is 8.49. The topological polar surface area (TPSA) is 95.9 Å². The van der Waals surface area contributed by atoms with Crippen molar-refractivity contribution in [2.24, 2.45) is 5.92 Å². The van der Waals surface area contributed by atoms with Crippen molar-refractivity contribution in [1.82, 2.24) is 5.32 Å². The first-order chi connectivity index (χ1) is 10.1. The fraction of sp³-hybridized carbons (Fsp3) is 0.333. The molecule has 2 rings (SSSR count). The summed E-state index contributed by atoms with van der Waals surface area (Å²) in [5.41, 5.74) is 0.844. The summed E-state index contributed by atoms with van der Waals surface area (Å²) in [6.45, 7) is 0.115. The molecule has 1 aliphatic rings. The highest BCUT2D eigenvalue weighted by atomic mass is 16.5. The van der Waals surface area contributed by atoms with E-state index < -0.39 is 30.1 Å². The van der Waals surface area contributed by atoms with Crippen molar-refractivity contribution in [3.63, 3.8) is 0 Å². The van der Waals surface area contributed by atoms with Gasteiger partial charge in [-0.25, -0.2) is 4.79 Å². The van der Waals surface area contributed by atoms with Crippen molar-refractivity contribution in [2.45, 2.75) is 25.2 Å². The number of aliphatic carboxylic acids is 1. The molecular weight excluding hydrogens is 274 g/mol. The van der Waals surface area contributed by atoms with Gasteiger partial charge in [-0.15, -0.1) is 0 Å². The Hall–Kier alpha value is -2.34. The molecule has 0 fully saturated rings. The van der Waals surface area contributed by atoms with Crippen LogP contribution in [-0.4, -0.2) is 34.4 Å². The lowest BCUT2D eigenvalue weighted by Gasteiger charge is -2.27. The van der Waals surface area contributed by atoms with E-state index in [1.807, 2.05) is 30.3 Å². The number of carboxylic acid groups (broad SMARTS) is 1. The summed E-state index contributed by atoms with van der Waals surface area (Å²) in [6.07, 6.45) is 1.54. The highest BCUT2D eigenvalue weighted by Crippen LogP contribution is 2.20. The number of nitrogens with one attached hydrogen (secondary N) is 1. The molecule has 0 saturated carbocycles. The van der Waals surface area contributed by atoms with Crippen LogP contribution in [0.5, 0.6) is 0 Å². The molecule has 6 heteroatoms. The van der Waals surface area contributed by atoms with Crippen molar-refractivity contribution >= 4 is 12.1 Å². The van der Waals surface area contributed by atoms with E-state index in [0.717, 1.165) is 5.56 Å². The molecule has 6 nitrogen and oxygen atoms in total. The summed E-state index contributed by atoms with van der Waals surface area (Å²) in [5, 5.41) is 21.0. The molecule has 0 radical (unpaired) electrons. The number of rotatable bonds is 4. The predicted octanol–water partition coefficient (Wildman–Crippen LogP) is 1.30. The lowest BCUT2D eigenvalue weighted by atomic mass is 9.88. The van der Waals surface area contributed by atoms with E-state index in [0.29, 0.717) is 0 Å². The molecule has 0 aliphatic heterocycles. The van der Waals surface area contributed by atoms with Gasteiger partial charge in [0, 0.05) is 0 Å². The minimum Gasteiger partial charge on any atom is -0.481 e. The van der Waals surface area contributed by atoms with Gasteiger partial charge in [0.2, 0.25) is 0 Å². The molecule has 3 atom stereocenters. The van der Waals surface area contributed by atoms with E-state index in [4.69, 9.17) is 9.84 Å². The monoisotopic (exact) mass is 291 g/mol. The highest BCUT2D eigenvalue weighted by molar-refractivity contribution is 5.74. The molecule has 0 aromatic heterocycles. The molecule has 1 amide bonds. The van der Waals surface area contributed by atoms with E-state index in [-0.39, 0.29) is 13.0 Å². The smallest absolute Gasteiger partial charge is 0.407 e. The van der Waals surface area contributed by atoms with Crippen molar-refractivity contribution in [1.29, 1.82) is 0 Å². The van der Waals surface area contributed by atoms with Gasteiger partial charge in [0.25, 0.3) is 0 Å². The van der Waals surface area contributed by atoms with Crippen molar-refractivity contribution in [2.75, 3.05) is 0 Å². The first kappa shape index (κ1) is 15.1. The molecule has 3 N–H and O–H groups in total. The lowest BCUT2D eigenvalue weighted by molar-refractivity contribution is -0.143. The predicted molar refractivity (Wildman–Crippen MR) is 74.4 cm³/mol. The van der Waals surface area contributed by atoms with Crippen LogP contribution >= 0.6 is 0 Å². The zero-order valence-electron chi connectivity index (χ0n) is 11.3. The molecule has 1 aromatic rings. The Morgan fingerprint density at radius 2 is 1.95 bits per heavy atom. The van der Waals surface area contributed by atoms with Crippen molar-refractivity contribution in [3.05, 3.63) is 48.0 Å². The summed E-state index contributed by atoms with van der Waals surface area (Å²) in [5.74, 6) is -1.93. The van der Waals surface area contributed by atoms with E-state index in [1.165, 1.54) is 12.2 Å². The van der Waals surface area contributed by atoms with Gasteiger partial charge in [-0.05, 0) is 12.0 Å². The second-order valence-corrected chi connectivity index (χ2v) is 4.86. The van der Waals surface area contributed by atoms with Crippen LogP contribution in [-0.2, 0) is 16.1 Å². The molecule has 0 spiro atoms. The average molecular weight is 291 g/mol. The SMILES string of the molecule is O=C(NC1C=CC(O)CC1C(=O)O)OCc1ccccc1. The number of alkyl carbamates (subject to hydrolysis) is 1. The van der Waals surface area contributed by atoms with Crippen LogP contribution < -0.4 is 5.32 Å². The van der Waals surface area contributed by atoms with Gasteiger partial charge in [0.05, 0.1) is 18.1 Å². The maximum absolute atomic E-state index is 11.7. The largest absolute Gasteiger partial charge is 0.481 e. The quantitative estimate of drug-likeness (QED) is 0.727. The zero-order valence-corrected chi connectivity index (χ0v) is 11.3. The molecule has 0 heterocycles. The van der Waals surface area contributed by atoms with Gasteiger partial charge in [-0.1, -0.05) is 42.5 Å². The van der Waals surface area contributed by atoms with Gasteiger partial charge in [0.15, 0.2) is 0 Å². The number of carboxylic acids is 1. The van der Waals surface area contributed by atoms with Gasteiger partial charge >= 0.3 is 12.1 Å². The Bertz CT molecular complexity index is 528. The zero-order chi connectivity index (χ0) is 15.2. The Labute approximate surface area is 122 Å². The van der Waals surface area contributed by atoms with Gasteiger partial charge in [-0.3, -0.25) is 4.79 Å². The Balaban J connectivity index is 1.89. The molecule has 1 aliphatic carbocycles. The van der Waals surface area contributed by atoms with E-state index in [2.05, 4.69) is 5.32 Å². The van der Waals surface area contributed by atoms with Crippen LogP contribution in [0.4, 0.5) is 4.79 Å². The van der Waals surface area contributed by atoms with Crippen LogP contribution in [0.3, 0.4) is 0 Å². The first-order valence-corrected chi connectivity index (χ1v) is 6.62. The third-order valence-corrected chi connectivity index (χ3v) is 3.28. The summed E-state index contributed by atoms with van der Waals surface area (Å²) >= 11 is 0. The number of carbonyl (C=O) groups excluding carboxylic acids is 1. The van der Waals surface area contributed by atoms with E-state index >= 15 is 0 Å². The fourth-order valence-electron chi connectivity index (χ4n) is 2.17. The molecular formula is C15H17NO5. The number of benzene rings is 1. The minimum atomic E-state index is -1.06. The number of hydrogen-bond donors (Lipinski definition) is 3. The number of hydrogen-bond acceptors (Lipinski definition) is 4. The second kappa shape index (κ2) is 6.90. The molecule has 1 aromatic carbocycles. The number of carbonyl (C=O) groups is 2. The van der Waals surface area contributed by atoms with Crippen molar-refractivity contribution < 1.29 is 24.5 Å². The average Bonchev–Trinajstić information content (AvgIpc) is 2.48. The standard InChI is InChI=1S/C15H17NO5/c17-11-6-7-13(12(8-11)14(18)19)16-15(20)21-9-10-4-2-1-3-5-10/h1-7,11-13,17H,8-9H2,(H,16,20)(H,18,19). The van der Waals surface area contributed by atoms with Crippen LogP contribution in [0.2, 0.25) is 0 Å². The third-order valence-electron chi connectivity index (χ3n) is 3.28. The van der Waals surface area contributed by atoms with Gasteiger partial charge in [0.1, 0.15) is 6.61 Å². The Morgan fingerprint density at radius 1 is 1.24 bits per heavy atom. The minimum absolute atomic E-state index is 0.0649. The lowest BCUT2D eigenvalue weighted by Crippen LogP contribution is -2.45. The first-order valence-electron chi connectivity index (χ1n) is 6.62. The summed E-state index contributed by atoms with van der Waals surface area (Å²) < 4.78 is 5.05. The molecule has 3 unspecified atom stereocenters. The van der Waals surface area contributed by atoms with E-state index in [1.54, 1.807) is 0 Å². The number of aliphatic hydroxyl groups excluding tert-OH is 1. The number of amides is 1. The van der Waals surface area contributed by atoms with Gasteiger partial charge in [-0.2, -0.15) is 0 Å². The number of ether oxygens (including phenoxy) is 1. The Morgan fingerprint density at radius 3 is 2.62 bits per heavy atom. The van der Waals surface area contributed by atoms with Crippen LogP contribution in [0, 0.1) is 5.92 Å². The maximum atomic E-state index is 11.7. The molecule has 0 bridgehead atoms. The maximum Gasteiger partial charge on any atom is 0.407 e. The molecule has 21 heavy (non-hydrogen) atoms.